The first kappa shape index (κ1) is 15.0. The van der Waals surface area contributed by atoms with Gasteiger partial charge in [-0.2, -0.15) is 5.10 Å². The Morgan fingerprint density at radius 3 is 2.87 bits per heavy atom. The Morgan fingerprint density at radius 2 is 2.13 bits per heavy atom. The van der Waals surface area contributed by atoms with Crippen LogP contribution in [0.2, 0.25) is 0 Å². The van der Waals surface area contributed by atoms with E-state index in [9.17, 15) is 9.59 Å². The number of hydrogen-bond donors (Lipinski definition) is 2. The summed E-state index contributed by atoms with van der Waals surface area (Å²) in [6.07, 6.45) is 3.55. The standard InChI is InChI=1S/C17H18N4O2/c22-16-9-14(12-21(16)11-13-5-2-1-3-6-13)17(23)20-19-10-15-7-4-8-18-15/h1-8,10,14,18H,9,11-12H2,(H,20,23)/b19-10+. The second kappa shape index (κ2) is 6.91. The number of aromatic amines is 1. The largest absolute Gasteiger partial charge is 0.360 e. The van der Waals surface area contributed by atoms with Gasteiger partial charge in [0.2, 0.25) is 11.8 Å². The van der Waals surface area contributed by atoms with Gasteiger partial charge < -0.3 is 9.88 Å². The van der Waals surface area contributed by atoms with Crippen LogP contribution < -0.4 is 5.43 Å². The van der Waals surface area contributed by atoms with E-state index in [1.54, 1.807) is 11.1 Å². The van der Waals surface area contributed by atoms with E-state index in [0.717, 1.165) is 11.3 Å². The number of benzene rings is 1. The third kappa shape index (κ3) is 3.85. The third-order valence-electron chi connectivity index (χ3n) is 3.80. The summed E-state index contributed by atoms with van der Waals surface area (Å²) >= 11 is 0. The monoisotopic (exact) mass is 310 g/mol. The molecule has 1 saturated heterocycles. The van der Waals surface area contributed by atoms with Crippen LogP contribution in [0.4, 0.5) is 0 Å². The van der Waals surface area contributed by atoms with Gasteiger partial charge in [0.05, 0.1) is 17.8 Å². The smallest absolute Gasteiger partial charge is 0.245 e. The Labute approximate surface area is 134 Å². The number of amides is 2. The molecule has 2 heterocycles. The lowest BCUT2D eigenvalue weighted by Crippen LogP contribution is -2.30. The van der Waals surface area contributed by atoms with E-state index >= 15 is 0 Å². The first-order valence-corrected chi connectivity index (χ1v) is 7.50. The molecule has 1 unspecified atom stereocenters. The van der Waals surface area contributed by atoms with Gasteiger partial charge in [-0.1, -0.05) is 30.3 Å². The Balaban J connectivity index is 1.53. The van der Waals surface area contributed by atoms with Crippen LogP contribution in [-0.4, -0.2) is 34.5 Å². The summed E-state index contributed by atoms with van der Waals surface area (Å²) in [4.78, 5) is 28.8. The quantitative estimate of drug-likeness (QED) is 0.649. The highest BCUT2D eigenvalue weighted by Gasteiger charge is 2.34. The van der Waals surface area contributed by atoms with Crippen LogP contribution in [0.3, 0.4) is 0 Å². The molecule has 3 rings (SSSR count). The van der Waals surface area contributed by atoms with Gasteiger partial charge in [-0.25, -0.2) is 5.43 Å². The second-order valence-electron chi connectivity index (χ2n) is 5.52. The average molecular weight is 310 g/mol. The molecule has 1 aromatic carbocycles. The summed E-state index contributed by atoms with van der Waals surface area (Å²) in [7, 11) is 0. The first-order valence-electron chi connectivity index (χ1n) is 7.50. The van der Waals surface area contributed by atoms with Gasteiger partial charge in [0.25, 0.3) is 0 Å². The van der Waals surface area contributed by atoms with Gasteiger partial charge in [-0.15, -0.1) is 0 Å². The molecule has 0 saturated carbocycles. The minimum atomic E-state index is -0.355. The molecule has 2 amide bonds. The van der Waals surface area contributed by atoms with Gasteiger partial charge in [0, 0.05) is 25.7 Å². The molecule has 118 valence electrons. The topological polar surface area (TPSA) is 77.6 Å². The number of likely N-dealkylation sites (tertiary alicyclic amines) is 1. The molecule has 6 heteroatoms. The van der Waals surface area contributed by atoms with E-state index in [1.807, 2.05) is 42.5 Å². The second-order valence-corrected chi connectivity index (χ2v) is 5.52. The van der Waals surface area contributed by atoms with Crippen molar-refractivity contribution in [3.8, 4) is 0 Å². The summed E-state index contributed by atoms with van der Waals surface area (Å²) in [5.74, 6) is -0.578. The maximum Gasteiger partial charge on any atom is 0.245 e. The lowest BCUT2D eigenvalue weighted by molar-refractivity contribution is -0.129. The molecule has 0 spiro atoms. The van der Waals surface area contributed by atoms with Crippen LogP contribution in [0.1, 0.15) is 17.7 Å². The van der Waals surface area contributed by atoms with Crippen molar-refractivity contribution < 1.29 is 9.59 Å². The van der Waals surface area contributed by atoms with Crippen LogP contribution in [-0.2, 0) is 16.1 Å². The van der Waals surface area contributed by atoms with Crippen molar-refractivity contribution in [3.05, 3.63) is 59.9 Å². The van der Waals surface area contributed by atoms with Crippen LogP contribution >= 0.6 is 0 Å². The van der Waals surface area contributed by atoms with Crippen molar-refractivity contribution in [2.24, 2.45) is 11.0 Å². The number of rotatable bonds is 5. The molecule has 2 aromatic rings. The van der Waals surface area contributed by atoms with Crippen LogP contribution in [0, 0.1) is 5.92 Å². The molecule has 6 nitrogen and oxygen atoms in total. The number of nitrogens with zero attached hydrogens (tertiary/aromatic N) is 2. The van der Waals surface area contributed by atoms with E-state index in [1.165, 1.54) is 6.21 Å². The normalized spacial score (nSPS) is 17.8. The zero-order valence-electron chi connectivity index (χ0n) is 12.6. The van der Waals surface area contributed by atoms with Crippen LogP contribution in [0.15, 0.2) is 53.8 Å². The summed E-state index contributed by atoms with van der Waals surface area (Å²) in [6.45, 7) is 0.965. The number of carbonyl (C=O) groups excluding carboxylic acids is 2. The molecule has 1 aliphatic rings. The van der Waals surface area contributed by atoms with Crippen molar-refractivity contribution in [1.29, 1.82) is 0 Å². The minimum absolute atomic E-state index is 0.00218. The lowest BCUT2D eigenvalue weighted by Gasteiger charge is -2.16. The third-order valence-corrected chi connectivity index (χ3v) is 3.80. The van der Waals surface area contributed by atoms with Crippen molar-refractivity contribution >= 4 is 18.0 Å². The summed E-state index contributed by atoms with van der Waals surface area (Å²) < 4.78 is 0. The maximum absolute atomic E-state index is 12.1. The highest BCUT2D eigenvalue weighted by atomic mass is 16.2. The highest BCUT2D eigenvalue weighted by Crippen LogP contribution is 2.20. The Morgan fingerprint density at radius 1 is 1.30 bits per heavy atom. The average Bonchev–Trinajstić information content (AvgIpc) is 3.19. The van der Waals surface area contributed by atoms with E-state index in [4.69, 9.17) is 0 Å². The molecule has 2 N–H and O–H groups in total. The maximum atomic E-state index is 12.1. The van der Waals surface area contributed by atoms with Crippen LogP contribution in [0.5, 0.6) is 0 Å². The zero-order chi connectivity index (χ0) is 16.1. The van der Waals surface area contributed by atoms with Gasteiger partial charge in [0.1, 0.15) is 0 Å². The first-order chi connectivity index (χ1) is 11.2. The molecule has 0 bridgehead atoms. The van der Waals surface area contributed by atoms with E-state index in [0.29, 0.717) is 13.1 Å². The van der Waals surface area contributed by atoms with Crippen molar-refractivity contribution in [1.82, 2.24) is 15.3 Å². The summed E-state index contributed by atoms with van der Waals surface area (Å²) in [5, 5.41) is 3.91. The predicted molar refractivity (Wildman–Crippen MR) is 86.5 cm³/mol. The Bertz CT molecular complexity index is 695. The minimum Gasteiger partial charge on any atom is -0.360 e. The van der Waals surface area contributed by atoms with Gasteiger partial charge in [-0.3, -0.25) is 9.59 Å². The molecular formula is C17H18N4O2. The van der Waals surface area contributed by atoms with Gasteiger partial charge in [0.15, 0.2) is 0 Å². The van der Waals surface area contributed by atoms with E-state index in [2.05, 4.69) is 15.5 Å². The number of hydrogen-bond acceptors (Lipinski definition) is 3. The van der Waals surface area contributed by atoms with Crippen molar-refractivity contribution in [2.75, 3.05) is 6.54 Å². The molecule has 23 heavy (non-hydrogen) atoms. The van der Waals surface area contributed by atoms with Crippen molar-refractivity contribution in [3.63, 3.8) is 0 Å². The molecule has 1 fully saturated rings. The van der Waals surface area contributed by atoms with Crippen molar-refractivity contribution in [2.45, 2.75) is 13.0 Å². The predicted octanol–water partition coefficient (Wildman–Crippen LogP) is 1.51. The van der Waals surface area contributed by atoms with E-state index in [-0.39, 0.29) is 24.2 Å². The fraction of sp³-hybridized carbons (Fsp3) is 0.235. The van der Waals surface area contributed by atoms with E-state index < -0.39 is 0 Å². The molecule has 0 aliphatic carbocycles. The fourth-order valence-electron chi connectivity index (χ4n) is 2.59. The molecule has 1 aromatic heterocycles. The Kier molecular flexibility index (Phi) is 4.52. The molecule has 0 radical (unpaired) electrons. The SMILES string of the molecule is O=C(N/N=C/c1ccc[nH]1)C1CC(=O)N(Cc2ccccc2)C1. The molecular weight excluding hydrogens is 292 g/mol. The fourth-order valence-corrected chi connectivity index (χ4v) is 2.59. The number of hydrazone groups is 1. The van der Waals surface area contributed by atoms with Crippen LogP contribution in [0.25, 0.3) is 0 Å². The number of nitrogens with one attached hydrogen (secondary N) is 2. The highest BCUT2D eigenvalue weighted by molar-refractivity contribution is 5.89. The van der Waals surface area contributed by atoms with Gasteiger partial charge >= 0.3 is 0 Å². The zero-order valence-corrected chi connectivity index (χ0v) is 12.6. The number of aromatic nitrogens is 1. The molecule has 1 atom stereocenters. The molecule has 1 aliphatic heterocycles. The summed E-state index contributed by atoms with van der Waals surface area (Å²) in [6, 6.07) is 13.5. The van der Waals surface area contributed by atoms with Gasteiger partial charge in [-0.05, 0) is 17.7 Å². The lowest BCUT2D eigenvalue weighted by atomic mass is 10.1. The summed E-state index contributed by atoms with van der Waals surface area (Å²) in [5.41, 5.74) is 4.37. The Hall–Kier alpha value is -2.89. The number of H-pyrrole nitrogens is 1. The number of carbonyl (C=O) groups is 2.